The zero-order valence-corrected chi connectivity index (χ0v) is 14.5. The summed E-state index contributed by atoms with van der Waals surface area (Å²) in [4.78, 5) is 16.4. The van der Waals surface area contributed by atoms with Crippen LogP contribution >= 0.6 is 0 Å². The van der Waals surface area contributed by atoms with Gasteiger partial charge in [-0.1, -0.05) is 11.6 Å². The van der Waals surface area contributed by atoms with Crippen LogP contribution in [-0.2, 0) is 16.6 Å². The number of carbonyl (C=O) groups excluding carboxylic acids is 1. The second-order valence-corrected chi connectivity index (χ2v) is 7.06. The number of hydrogen-bond acceptors (Lipinski definition) is 5. The Kier molecular flexibility index (Phi) is 5.40. The minimum atomic E-state index is -3.48. The number of nitrogens with one attached hydrogen (secondary N) is 2. The van der Waals surface area contributed by atoms with Gasteiger partial charge in [0.25, 0.3) is 5.91 Å². The maximum absolute atomic E-state index is 12.4. The molecule has 0 fully saturated rings. The first-order chi connectivity index (χ1) is 11.3. The first-order valence-electron chi connectivity index (χ1n) is 7.14. The molecular weight excluding hydrogens is 330 g/mol. The lowest BCUT2D eigenvalue weighted by Crippen LogP contribution is -2.25. The molecule has 24 heavy (non-hydrogen) atoms. The van der Waals surface area contributed by atoms with Crippen molar-refractivity contribution >= 4 is 21.6 Å². The van der Waals surface area contributed by atoms with Gasteiger partial charge < -0.3 is 10.1 Å². The summed E-state index contributed by atoms with van der Waals surface area (Å²) in [5.74, 6) is 0.0809. The van der Waals surface area contributed by atoms with E-state index < -0.39 is 10.0 Å². The lowest BCUT2D eigenvalue weighted by atomic mass is 10.1. The highest BCUT2D eigenvalue weighted by molar-refractivity contribution is 7.92. The monoisotopic (exact) mass is 349 g/mol. The third kappa shape index (κ3) is 4.95. The Labute approximate surface area is 141 Å². The first kappa shape index (κ1) is 17.7. The fourth-order valence-electron chi connectivity index (χ4n) is 2.08. The molecule has 0 aliphatic carbocycles. The molecule has 0 bridgehead atoms. The van der Waals surface area contributed by atoms with Gasteiger partial charge in [0.05, 0.1) is 24.6 Å². The minimum absolute atomic E-state index is 0.243. The normalized spacial score (nSPS) is 11.0. The average Bonchev–Trinajstić information content (AvgIpc) is 2.53. The van der Waals surface area contributed by atoms with Crippen LogP contribution in [0.15, 0.2) is 36.5 Å². The number of pyridine rings is 1. The van der Waals surface area contributed by atoms with Crippen molar-refractivity contribution < 1.29 is 17.9 Å². The Hall–Kier alpha value is -2.61. The number of aromatic nitrogens is 1. The highest BCUT2D eigenvalue weighted by Crippen LogP contribution is 2.19. The van der Waals surface area contributed by atoms with Gasteiger partial charge in [0.1, 0.15) is 0 Å². The summed E-state index contributed by atoms with van der Waals surface area (Å²) in [5.41, 5.74) is 2.18. The molecule has 7 nitrogen and oxygen atoms in total. The van der Waals surface area contributed by atoms with E-state index in [4.69, 9.17) is 4.74 Å². The number of nitrogens with zero attached hydrogens (tertiary/aromatic N) is 1. The van der Waals surface area contributed by atoms with Crippen LogP contribution in [0.3, 0.4) is 0 Å². The molecule has 2 aromatic rings. The van der Waals surface area contributed by atoms with Crippen molar-refractivity contribution in [3.8, 4) is 5.88 Å². The van der Waals surface area contributed by atoms with Gasteiger partial charge >= 0.3 is 0 Å². The zero-order valence-electron chi connectivity index (χ0n) is 13.7. The van der Waals surface area contributed by atoms with Gasteiger partial charge in [-0.2, -0.15) is 0 Å². The maximum atomic E-state index is 12.4. The lowest BCUT2D eigenvalue weighted by molar-refractivity contribution is 0.0951. The van der Waals surface area contributed by atoms with Gasteiger partial charge in [0.2, 0.25) is 15.9 Å². The van der Waals surface area contributed by atoms with Gasteiger partial charge in [-0.3, -0.25) is 9.52 Å². The fourth-order valence-corrected chi connectivity index (χ4v) is 2.66. The molecule has 2 N–H and O–H groups in total. The van der Waals surface area contributed by atoms with Crippen molar-refractivity contribution in [2.75, 3.05) is 18.1 Å². The number of amides is 1. The van der Waals surface area contributed by atoms with Crippen LogP contribution in [0.2, 0.25) is 0 Å². The molecule has 0 radical (unpaired) electrons. The molecule has 128 valence electrons. The van der Waals surface area contributed by atoms with Crippen LogP contribution in [0.4, 0.5) is 5.69 Å². The average molecular weight is 349 g/mol. The van der Waals surface area contributed by atoms with Crippen molar-refractivity contribution in [1.29, 1.82) is 0 Å². The molecule has 0 spiro atoms. The number of ether oxygens (including phenoxy) is 1. The van der Waals surface area contributed by atoms with Crippen LogP contribution in [-0.4, -0.2) is 32.7 Å². The smallest absolute Gasteiger partial charge is 0.253 e. The number of aryl methyl sites for hydroxylation is 1. The van der Waals surface area contributed by atoms with E-state index in [1.807, 2.05) is 6.92 Å². The predicted molar refractivity (Wildman–Crippen MR) is 91.6 cm³/mol. The van der Waals surface area contributed by atoms with Gasteiger partial charge in [-0.25, -0.2) is 13.4 Å². The van der Waals surface area contributed by atoms with Gasteiger partial charge in [-0.05, 0) is 30.7 Å². The summed E-state index contributed by atoms with van der Waals surface area (Å²) in [6.45, 7) is 2.10. The number of benzene rings is 1. The van der Waals surface area contributed by atoms with E-state index in [1.165, 1.54) is 7.11 Å². The molecule has 0 saturated heterocycles. The van der Waals surface area contributed by atoms with E-state index in [1.54, 1.807) is 36.5 Å². The Morgan fingerprint density at radius 2 is 2.00 bits per heavy atom. The molecule has 1 amide bonds. The number of carbonyl (C=O) groups is 1. The van der Waals surface area contributed by atoms with Gasteiger partial charge in [-0.15, -0.1) is 0 Å². The number of methoxy groups -OCH3 is 1. The number of anilines is 1. The Morgan fingerprint density at radius 3 is 2.67 bits per heavy atom. The maximum Gasteiger partial charge on any atom is 0.253 e. The largest absolute Gasteiger partial charge is 0.481 e. The topological polar surface area (TPSA) is 97.4 Å². The molecular formula is C16H19N3O4S. The summed E-state index contributed by atoms with van der Waals surface area (Å²) < 4.78 is 30.3. The summed E-state index contributed by atoms with van der Waals surface area (Å²) in [5, 5.41) is 2.76. The molecule has 2 rings (SSSR count). The SMILES string of the molecule is COc1cc(CNC(=O)c2cc(C)ccc2NS(C)(=O)=O)ccn1. The molecule has 0 saturated carbocycles. The second kappa shape index (κ2) is 7.31. The molecule has 0 atom stereocenters. The summed E-state index contributed by atoms with van der Waals surface area (Å²) in [6.07, 6.45) is 2.63. The Bertz CT molecular complexity index is 850. The summed E-state index contributed by atoms with van der Waals surface area (Å²) >= 11 is 0. The third-order valence-corrected chi connectivity index (χ3v) is 3.77. The van der Waals surface area contributed by atoms with E-state index in [0.29, 0.717) is 5.88 Å². The molecule has 1 heterocycles. The van der Waals surface area contributed by atoms with E-state index in [-0.39, 0.29) is 23.7 Å². The highest BCUT2D eigenvalue weighted by Gasteiger charge is 2.14. The van der Waals surface area contributed by atoms with Crippen LogP contribution in [0, 0.1) is 6.92 Å². The fraction of sp³-hybridized carbons (Fsp3) is 0.250. The molecule has 1 aromatic heterocycles. The van der Waals surface area contributed by atoms with Crippen LogP contribution in [0.5, 0.6) is 5.88 Å². The van der Waals surface area contributed by atoms with E-state index in [2.05, 4.69) is 15.0 Å². The van der Waals surface area contributed by atoms with E-state index in [9.17, 15) is 13.2 Å². The van der Waals surface area contributed by atoms with Crippen LogP contribution in [0.25, 0.3) is 0 Å². The quantitative estimate of drug-likeness (QED) is 0.827. The van der Waals surface area contributed by atoms with Crippen LogP contribution in [0.1, 0.15) is 21.5 Å². The summed E-state index contributed by atoms with van der Waals surface area (Å²) in [7, 11) is -1.96. The number of hydrogen-bond donors (Lipinski definition) is 2. The Morgan fingerprint density at radius 1 is 1.25 bits per heavy atom. The summed E-state index contributed by atoms with van der Waals surface area (Å²) in [6, 6.07) is 8.41. The number of sulfonamides is 1. The minimum Gasteiger partial charge on any atom is -0.481 e. The lowest BCUT2D eigenvalue weighted by Gasteiger charge is -2.12. The van der Waals surface area contributed by atoms with Crippen molar-refractivity contribution in [1.82, 2.24) is 10.3 Å². The van der Waals surface area contributed by atoms with Crippen molar-refractivity contribution in [3.63, 3.8) is 0 Å². The third-order valence-electron chi connectivity index (χ3n) is 3.18. The van der Waals surface area contributed by atoms with Gasteiger partial charge in [0, 0.05) is 18.8 Å². The van der Waals surface area contributed by atoms with Crippen molar-refractivity contribution in [2.45, 2.75) is 13.5 Å². The molecule has 0 unspecified atom stereocenters. The van der Waals surface area contributed by atoms with Crippen molar-refractivity contribution in [3.05, 3.63) is 53.2 Å². The predicted octanol–water partition coefficient (Wildman–Crippen LogP) is 1.70. The molecule has 0 aliphatic rings. The van der Waals surface area contributed by atoms with Crippen molar-refractivity contribution in [2.24, 2.45) is 0 Å². The van der Waals surface area contributed by atoms with E-state index >= 15 is 0 Å². The molecule has 8 heteroatoms. The standard InChI is InChI=1S/C16H19N3O4S/c1-11-4-5-14(19-24(3,21)22)13(8-11)16(20)18-10-12-6-7-17-15(9-12)23-2/h4-9,19H,10H2,1-3H3,(H,18,20). The Balaban J connectivity index is 2.18. The number of rotatable bonds is 6. The van der Waals surface area contributed by atoms with E-state index in [0.717, 1.165) is 17.4 Å². The van der Waals surface area contributed by atoms with Gasteiger partial charge in [0.15, 0.2) is 0 Å². The second-order valence-electron chi connectivity index (χ2n) is 5.31. The molecule has 1 aromatic carbocycles. The first-order valence-corrected chi connectivity index (χ1v) is 9.03. The van der Waals surface area contributed by atoms with Crippen LogP contribution < -0.4 is 14.8 Å². The zero-order chi connectivity index (χ0) is 17.7. The molecule has 0 aliphatic heterocycles. The highest BCUT2D eigenvalue weighted by atomic mass is 32.2.